The van der Waals surface area contributed by atoms with Crippen molar-refractivity contribution in [3.63, 3.8) is 0 Å². The van der Waals surface area contributed by atoms with Crippen molar-refractivity contribution in [2.24, 2.45) is 0 Å². The Morgan fingerprint density at radius 3 is 2.93 bits per heavy atom. The molecule has 1 N–H and O–H groups in total. The Hall–Kier alpha value is -1.76. The molecule has 1 amide bonds. The SMILES string of the molecule is C#CC(C)(C)NC(=O)Cn1cccn1. The Bertz CT molecular complexity index is 346. The van der Waals surface area contributed by atoms with E-state index in [2.05, 4.69) is 16.3 Å². The van der Waals surface area contributed by atoms with Crippen molar-refractivity contribution in [2.45, 2.75) is 25.9 Å². The second-order valence-electron chi connectivity index (χ2n) is 3.52. The Morgan fingerprint density at radius 1 is 1.71 bits per heavy atom. The van der Waals surface area contributed by atoms with Gasteiger partial charge in [-0.1, -0.05) is 5.92 Å². The van der Waals surface area contributed by atoms with E-state index in [1.807, 2.05) is 0 Å². The number of rotatable bonds is 3. The average molecular weight is 191 g/mol. The number of aromatic nitrogens is 2. The summed E-state index contributed by atoms with van der Waals surface area (Å²) in [4.78, 5) is 11.4. The highest BCUT2D eigenvalue weighted by atomic mass is 16.2. The predicted molar refractivity (Wildman–Crippen MR) is 53.3 cm³/mol. The van der Waals surface area contributed by atoms with E-state index in [1.165, 1.54) is 0 Å². The predicted octanol–water partition coefficient (Wildman–Crippen LogP) is 0.411. The Balaban J connectivity index is 2.49. The maximum absolute atomic E-state index is 11.4. The number of carbonyl (C=O) groups excluding carboxylic acids is 1. The van der Waals surface area contributed by atoms with Gasteiger partial charge in [-0.15, -0.1) is 6.42 Å². The van der Waals surface area contributed by atoms with Gasteiger partial charge in [-0.25, -0.2) is 0 Å². The van der Waals surface area contributed by atoms with Crippen LogP contribution in [0.4, 0.5) is 0 Å². The monoisotopic (exact) mass is 191 g/mol. The summed E-state index contributed by atoms with van der Waals surface area (Å²) in [7, 11) is 0. The van der Waals surface area contributed by atoms with Crippen molar-refractivity contribution in [3.8, 4) is 12.3 Å². The van der Waals surface area contributed by atoms with Gasteiger partial charge in [0.15, 0.2) is 0 Å². The van der Waals surface area contributed by atoms with Gasteiger partial charge in [-0.05, 0) is 19.9 Å². The largest absolute Gasteiger partial charge is 0.339 e. The fourth-order valence-corrected chi connectivity index (χ4v) is 0.965. The number of amides is 1. The molecule has 0 bridgehead atoms. The third-order valence-corrected chi connectivity index (χ3v) is 1.68. The zero-order valence-corrected chi connectivity index (χ0v) is 8.32. The smallest absolute Gasteiger partial charge is 0.242 e. The molecule has 0 aliphatic carbocycles. The van der Waals surface area contributed by atoms with E-state index >= 15 is 0 Å². The van der Waals surface area contributed by atoms with Crippen LogP contribution in [0.5, 0.6) is 0 Å². The number of nitrogens with zero attached hydrogens (tertiary/aromatic N) is 2. The van der Waals surface area contributed by atoms with Gasteiger partial charge in [0.25, 0.3) is 0 Å². The number of hydrogen-bond acceptors (Lipinski definition) is 2. The van der Waals surface area contributed by atoms with Gasteiger partial charge in [0.2, 0.25) is 5.91 Å². The second kappa shape index (κ2) is 3.97. The molecule has 0 atom stereocenters. The van der Waals surface area contributed by atoms with Crippen molar-refractivity contribution in [1.82, 2.24) is 15.1 Å². The first kappa shape index (κ1) is 10.3. The van der Waals surface area contributed by atoms with Crippen LogP contribution in [-0.4, -0.2) is 21.2 Å². The van der Waals surface area contributed by atoms with E-state index in [9.17, 15) is 4.79 Å². The molecule has 4 nitrogen and oxygen atoms in total. The lowest BCUT2D eigenvalue weighted by Crippen LogP contribution is -2.43. The molecule has 0 radical (unpaired) electrons. The van der Waals surface area contributed by atoms with Crippen molar-refractivity contribution in [2.75, 3.05) is 0 Å². The summed E-state index contributed by atoms with van der Waals surface area (Å²) in [6, 6.07) is 1.76. The van der Waals surface area contributed by atoms with Crippen LogP contribution in [0.2, 0.25) is 0 Å². The van der Waals surface area contributed by atoms with Crippen molar-refractivity contribution < 1.29 is 4.79 Å². The van der Waals surface area contributed by atoms with E-state index in [-0.39, 0.29) is 12.5 Å². The Labute approximate surface area is 83.3 Å². The van der Waals surface area contributed by atoms with Gasteiger partial charge in [-0.2, -0.15) is 5.10 Å². The fourth-order valence-electron chi connectivity index (χ4n) is 0.965. The van der Waals surface area contributed by atoms with Gasteiger partial charge in [0, 0.05) is 12.4 Å². The van der Waals surface area contributed by atoms with E-state index in [1.54, 1.807) is 37.0 Å². The maximum atomic E-state index is 11.4. The first-order valence-corrected chi connectivity index (χ1v) is 4.30. The second-order valence-corrected chi connectivity index (χ2v) is 3.52. The van der Waals surface area contributed by atoms with Gasteiger partial charge in [0.1, 0.15) is 6.54 Å². The topological polar surface area (TPSA) is 46.9 Å². The molecule has 1 heterocycles. The Morgan fingerprint density at radius 2 is 2.43 bits per heavy atom. The van der Waals surface area contributed by atoms with Gasteiger partial charge >= 0.3 is 0 Å². The lowest BCUT2D eigenvalue weighted by molar-refractivity contribution is -0.122. The third-order valence-electron chi connectivity index (χ3n) is 1.68. The molecule has 74 valence electrons. The van der Waals surface area contributed by atoms with E-state index in [4.69, 9.17) is 6.42 Å². The van der Waals surface area contributed by atoms with Crippen LogP contribution in [0.25, 0.3) is 0 Å². The molecule has 1 rings (SSSR count). The number of carbonyl (C=O) groups is 1. The van der Waals surface area contributed by atoms with Crippen LogP contribution >= 0.6 is 0 Å². The normalized spacial score (nSPS) is 10.6. The molecule has 4 heteroatoms. The Kier molecular flexibility index (Phi) is 2.92. The number of terminal acetylenes is 1. The van der Waals surface area contributed by atoms with Crippen LogP contribution in [0, 0.1) is 12.3 Å². The average Bonchev–Trinajstić information content (AvgIpc) is 2.55. The fraction of sp³-hybridized carbons (Fsp3) is 0.400. The third kappa shape index (κ3) is 2.94. The van der Waals surface area contributed by atoms with E-state index in [0.29, 0.717) is 0 Å². The molecular formula is C10H13N3O. The molecule has 0 aromatic carbocycles. The summed E-state index contributed by atoms with van der Waals surface area (Å²) >= 11 is 0. The zero-order valence-electron chi connectivity index (χ0n) is 8.32. The van der Waals surface area contributed by atoms with Gasteiger partial charge in [-0.3, -0.25) is 9.48 Å². The summed E-state index contributed by atoms with van der Waals surface area (Å²) < 4.78 is 1.54. The molecule has 0 fully saturated rings. The van der Waals surface area contributed by atoms with E-state index < -0.39 is 5.54 Å². The number of nitrogens with one attached hydrogen (secondary N) is 1. The quantitative estimate of drug-likeness (QED) is 0.703. The molecule has 1 aromatic rings. The minimum absolute atomic E-state index is 0.142. The lowest BCUT2D eigenvalue weighted by atomic mass is 10.1. The highest BCUT2D eigenvalue weighted by molar-refractivity contribution is 5.76. The minimum atomic E-state index is -0.607. The van der Waals surface area contributed by atoms with Gasteiger partial charge < -0.3 is 5.32 Å². The maximum Gasteiger partial charge on any atom is 0.242 e. The molecule has 0 aliphatic heterocycles. The molecule has 1 aromatic heterocycles. The van der Waals surface area contributed by atoms with Gasteiger partial charge in [0.05, 0.1) is 5.54 Å². The highest BCUT2D eigenvalue weighted by Gasteiger charge is 2.16. The summed E-state index contributed by atoms with van der Waals surface area (Å²) in [5, 5.41) is 6.62. The highest BCUT2D eigenvalue weighted by Crippen LogP contribution is 1.98. The molecule has 0 saturated carbocycles. The first-order chi connectivity index (χ1) is 6.53. The molecule has 0 unspecified atom stereocenters. The minimum Gasteiger partial charge on any atom is -0.339 e. The number of hydrogen-bond donors (Lipinski definition) is 1. The van der Waals surface area contributed by atoms with Crippen LogP contribution < -0.4 is 5.32 Å². The van der Waals surface area contributed by atoms with Crippen LogP contribution in [0.15, 0.2) is 18.5 Å². The molecule has 0 aliphatic rings. The van der Waals surface area contributed by atoms with E-state index in [0.717, 1.165) is 0 Å². The van der Waals surface area contributed by atoms with Crippen LogP contribution in [-0.2, 0) is 11.3 Å². The zero-order chi connectivity index (χ0) is 10.6. The lowest BCUT2D eigenvalue weighted by Gasteiger charge is -2.19. The molecule has 14 heavy (non-hydrogen) atoms. The first-order valence-electron chi connectivity index (χ1n) is 4.30. The van der Waals surface area contributed by atoms with Crippen molar-refractivity contribution in [3.05, 3.63) is 18.5 Å². The molecule has 0 saturated heterocycles. The summed E-state index contributed by atoms with van der Waals surface area (Å²) in [6.07, 6.45) is 8.59. The standard InChI is InChI=1S/C10H13N3O/c1-4-10(2,3)12-9(14)8-13-7-5-6-11-13/h1,5-7H,8H2,2-3H3,(H,12,14). The summed E-state index contributed by atoms with van der Waals surface area (Å²) in [5.41, 5.74) is -0.607. The van der Waals surface area contributed by atoms with Crippen molar-refractivity contribution >= 4 is 5.91 Å². The molecule has 0 spiro atoms. The van der Waals surface area contributed by atoms with Crippen LogP contribution in [0.3, 0.4) is 0 Å². The summed E-state index contributed by atoms with van der Waals surface area (Å²) in [5.74, 6) is 2.35. The van der Waals surface area contributed by atoms with Crippen molar-refractivity contribution in [1.29, 1.82) is 0 Å². The molecular weight excluding hydrogens is 178 g/mol. The van der Waals surface area contributed by atoms with Crippen LogP contribution in [0.1, 0.15) is 13.8 Å². The summed E-state index contributed by atoms with van der Waals surface area (Å²) in [6.45, 7) is 3.74.